The molecule has 0 spiro atoms. The Hall–Kier alpha value is -2.03. The fraction of sp³-hybridized carbons (Fsp3) is 0.312. The number of pyridine rings is 1. The van der Waals surface area contributed by atoms with E-state index in [0.29, 0.717) is 0 Å². The van der Waals surface area contributed by atoms with Crippen LogP contribution in [0.25, 0.3) is 0 Å². The quantitative estimate of drug-likeness (QED) is 0.787. The van der Waals surface area contributed by atoms with Gasteiger partial charge in [-0.1, -0.05) is 6.07 Å². The number of rotatable bonds is 4. The summed E-state index contributed by atoms with van der Waals surface area (Å²) >= 11 is 0. The number of methoxy groups -OCH3 is 2. The number of aryl methyl sites for hydroxylation is 2. The van der Waals surface area contributed by atoms with E-state index in [1.54, 1.807) is 14.2 Å². The van der Waals surface area contributed by atoms with Gasteiger partial charge in [0.2, 0.25) is 0 Å². The van der Waals surface area contributed by atoms with E-state index in [2.05, 4.69) is 30.7 Å². The minimum atomic E-state index is 0.775. The van der Waals surface area contributed by atoms with Crippen molar-refractivity contribution in [1.29, 1.82) is 0 Å². The normalized spacial score (nSPS) is 10.3. The molecule has 0 amide bonds. The predicted octanol–water partition coefficient (Wildman–Crippen LogP) is 2.66. The van der Waals surface area contributed by atoms with Crippen molar-refractivity contribution >= 4 is 0 Å². The Bertz CT molecular complexity index is 579. The number of aromatic nitrogens is 1. The van der Waals surface area contributed by atoms with E-state index >= 15 is 0 Å². The largest absolute Gasteiger partial charge is 0.493 e. The number of nitrogens with zero attached hydrogens (tertiary/aromatic N) is 1. The van der Waals surface area contributed by atoms with Crippen molar-refractivity contribution in [2.75, 3.05) is 14.2 Å². The van der Waals surface area contributed by atoms with Crippen LogP contribution in [0.4, 0.5) is 0 Å². The van der Waals surface area contributed by atoms with E-state index in [-0.39, 0.29) is 0 Å². The second-order valence-electron chi connectivity index (χ2n) is 4.60. The van der Waals surface area contributed by atoms with Crippen molar-refractivity contribution in [1.82, 2.24) is 0 Å². The maximum atomic E-state index is 5.37. The Balaban J connectivity index is 2.38. The first-order valence-electron chi connectivity index (χ1n) is 6.32. The molecule has 0 saturated heterocycles. The molecule has 2 rings (SSSR count). The van der Waals surface area contributed by atoms with Crippen LogP contribution >= 0.6 is 0 Å². The Morgan fingerprint density at radius 1 is 1.00 bits per heavy atom. The number of ether oxygens (including phenoxy) is 2. The SMILES string of the molecule is COc1cc(C)c(C[n+]2ccccc2C)cc1OC. The van der Waals surface area contributed by atoms with E-state index in [4.69, 9.17) is 9.47 Å². The van der Waals surface area contributed by atoms with Crippen LogP contribution in [0, 0.1) is 13.8 Å². The first-order valence-corrected chi connectivity index (χ1v) is 6.32. The summed E-state index contributed by atoms with van der Waals surface area (Å²) in [6, 6.07) is 10.3. The minimum absolute atomic E-state index is 0.775. The lowest BCUT2D eigenvalue weighted by Crippen LogP contribution is -2.37. The summed E-state index contributed by atoms with van der Waals surface area (Å²) in [5, 5.41) is 0. The van der Waals surface area contributed by atoms with Gasteiger partial charge in [0.1, 0.15) is 0 Å². The maximum Gasteiger partial charge on any atom is 0.178 e. The summed E-state index contributed by atoms with van der Waals surface area (Å²) in [6.45, 7) is 5.03. The van der Waals surface area contributed by atoms with Crippen molar-refractivity contribution in [3.8, 4) is 11.5 Å². The zero-order valence-corrected chi connectivity index (χ0v) is 11.9. The lowest BCUT2D eigenvalue weighted by molar-refractivity contribution is -0.694. The average molecular weight is 258 g/mol. The van der Waals surface area contributed by atoms with Crippen LogP contribution < -0.4 is 14.0 Å². The highest BCUT2D eigenvalue weighted by Gasteiger charge is 2.13. The lowest BCUT2D eigenvalue weighted by atomic mass is 10.1. The molecule has 0 aliphatic rings. The minimum Gasteiger partial charge on any atom is -0.493 e. The highest BCUT2D eigenvalue weighted by atomic mass is 16.5. The highest BCUT2D eigenvalue weighted by Crippen LogP contribution is 2.30. The van der Waals surface area contributed by atoms with E-state index in [1.165, 1.54) is 16.8 Å². The standard InChI is InChI=1S/C16H20NO2/c1-12-9-15(18-3)16(19-4)10-14(12)11-17-8-6-5-7-13(17)2/h5-10H,11H2,1-4H3/q+1. The third-order valence-corrected chi connectivity index (χ3v) is 3.35. The fourth-order valence-electron chi connectivity index (χ4n) is 2.12. The molecule has 0 unspecified atom stereocenters. The molecular weight excluding hydrogens is 238 g/mol. The number of benzene rings is 1. The van der Waals surface area contributed by atoms with Crippen molar-refractivity contribution in [3.63, 3.8) is 0 Å². The summed E-state index contributed by atoms with van der Waals surface area (Å²) in [5.41, 5.74) is 3.67. The monoisotopic (exact) mass is 258 g/mol. The molecule has 0 aliphatic carbocycles. The van der Waals surface area contributed by atoms with Crippen molar-refractivity contribution in [2.45, 2.75) is 20.4 Å². The molecule has 3 nitrogen and oxygen atoms in total. The topological polar surface area (TPSA) is 22.3 Å². The smallest absolute Gasteiger partial charge is 0.178 e. The fourth-order valence-corrected chi connectivity index (χ4v) is 2.12. The van der Waals surface area contributed by atoms with Crippen LogP contribution in [0.1, 0.15) is 16.8 Å². The van der Waals surface area contributed by atoms with Crippen LogP contribution in [-0.4, -0.2) is 14.2 Å². The molecule has 19 heavy (non-hydrogen) atoms. The van der Waals surface area contributed by atoms with Gasteiger partial charge in [-0.25, -0.2) is 0 Å². The second-order valence-corrected chi connectivity index (χ2v) is 4.60. The van der Waals surface area contributed by atoms with Crippen LogP contribution in [0.5, 0.6) is 11.5 Å². The van der Waals surface area contributed by atoms with Crippen LogP contribution in [0.3, 0.4) is 0 Å². The first kappa shape index (κ1) is 13.4. The third-order valence-electron chi connectivity index (χ3n) is 3.35. The number of hydrogen-bond donors (Lipinski definition) is 0. The molecule has 1 heterocycles. The molecule has 2 aromatic rings. The van der Waals surface area contributed by atoms with Crippen LogP contribution in [0.2, 0.25) is 0 Å². The van der Waals surface area contributed by atoms with Gasteiger partial charge in [0, 0.05) is 24.6 Å². The van der Waals surface area contributed by atoms with E-state index < -0.39 is 0 Å². The van der Waals surface area contributed by atoms with Gasteiger partial charge in [0.15, 0.2) is 29.9 Å². The van der Waals surface area contributed by atoms with Gasteiger partial charge in [-0.15, -0.1) is 0 Å². The van der Waals surface area contributed by atoms with E-state index in [1.807, 2.05) is 24.3 Å². The molecule has 0 aliphatic heterocycles. The van der Waals surface area contributed by atoms with Gasteiger partial charge >= 0.3 is 0 Å². The molecule has 0 atom stereocenters. The molecule has 1 aromatic carbocycles. The van der Waals surface area contributed by atoms with Gasteiger partial charge in [-0.05, 0) is 24.6 Å². The number of hydrogen-bond acceptors (Lipinski definition) is 2. The van der Waals surface area contributed by atoms with Gasteiger partial charge in [0.05, 0.1) is 14.2 Å². The van der Waals surface area contributed by atoms with Crippen LogP contribution in [0.15, 0.2) is 36.5 Å². The van der Waals surface area contributed by atoms with Crippen molar-refractivity contribution in [2.24, 2.45) is 0 Å². The zero-order valence-electron chi connectivity index (χ0n) is 11.9. The zero-order chi connectivity index (χ0) is 13.8. The predicted molar refractivity (Wildman–Crippen MR) is 74.8 cm³/mol. The molecular formula is C16H20NO2+. The molecule has 3 heteroatoms. The van der Waals surface area contributed by atoms with Crippen molar-refractivity contribution in [3.05, 3.63) is 53.3 Å². The van der Waals surface area contributed by atoms with Gasteiger partial charge in [-0.3, -0.25) is 0 Å². The summed E-state index contributed by atoms with van der Waals surface area (Å²) in [7, 11) is 3.32. The lowest BCUT2D eigenvalue weighted by Gasteiger charge is -2.11. The van der Waals surface area contributed by atoms with Gasteiger partial charge in [0.25, 0.3) is 0 Å². The van der Waals surface area contributed by atoms with E-state index in [9.17, 15) is 0 Å². The highest BCUT2D eigenvalue weighted by molar-refractivity contribution is 5.46. The Morgan fingerprint density at radius 3 is 2.32 bits per heavy atom. The molecule has 0 bridgehead atoms. The maximum absolute atomic E-state index is 5.37. The van der Waals surface area contributed by atoms with Crippen LogP contribution in [-0.2, 0) is 6.54 Å². The average Bonchev–Trinajstić information content (AvgIpc) is 2.42. The molecule has 0 N–H and O–H groups in total. The summed E-state index contributed by atoms with van der Waals surface area (Å²) in [6.07, 6.45) is 2.09. The summed E-state index contributed by atoms with van der Waals surface area (Å²) in [4.78, 5) is 0. The molecule has 0 saturated carbocycles. The molecule has 1 aromatic heterocycles. The van der Waals surface area contributed by atoms with E-state index in [0.717, 1.165) is 18.0 Å². The molecule has 100 valence electrons. The Labute approximate surface area is 114 Å². The summed E-state index contributed by atoms with van der Waals surface area (Å²) < 4.78 is 12.9. The van der Waals surface area contributed by atoms with Gasteiger partial charge in [-0.2, -0.15) is 4.57 Å². The van der Waals surface area contributed by atoms with Crippen molar-refractivity contribution < 1.29 is 14.0 Å². The first-order chi connectivity index (χ1) is 9.15. The Kier molecular flexibility index (Phi) is 4.05. The van der Waals surface area contributed by atoms with Gasteiger partial charge < -0.3 is 9.47 Å². The molecule has 0 fully saturated rings. The summed E-state index contributed by atoms with van der Waals surface area (Å²) in [5.74, 6) is 1.55. The third kappa shape index (κ3) is 2.87. The second kappa shape index (κ2) is 5.74. The molecule has 0 radical (unpaired) electrons. The Morgan fingerprint density at radius 2 is 1.68 bits per heavy atom.